The Bertz CT molecular complexity index is 502. The van der Waals surface area contributed by atoms with E-state index in [-0.39, 0.29) is 11.9 Å². The quantitative estimate of drug-likeness (QED) is 0.0534. The first-order valence-electron chi connectivity index (χ1n) is 19.9. The number of carbonyl (C=O) groups excluding carboxylic acids is 1. The second-order valence-electron chi connectivity index (χ2n) is 13.6. The van der Waals surface area contributed by atoms with Crippen molar-refractivity contribution in [2.24, 2.45) is 5.92 Å². The molecule has 0 fully saturated rings. The van der Waals surface area contributed by atoms with Crippen LogP contribution in [0.1, 0.15) is 239 Å². The second-order valence-corrected chi connectivity index (χ2v) is 13.6. The number of unbranched alkanes of at least 4 members (excludes halogenated alkanes) is 30. The van der Waals surface area contributed by atoms with Crippen molar-refractivity contribution in [3.8, 4) is 0 Å². The van der Waals surface area contributed by atoms with Crippen LogP contribution in [-0.2, 0) is 9.53 Å². The van der Waals surface area contributed by atoms with Crippen molar-refractivity contribution < 1.29 is 9.53 Å². The Balaban J connectivity index is 3.56. The van der Waals surface area contributed by atoms with Gasteiger partial charge in [-0.1, -0.05) is 219 Å². The highest BCUT2D eigenvalue weighted by atomic mass is 16.5. The molecule has 0 N–H and O–H groups in total. The predicted molar refractivity (Wildman–Crippen MR) is 188 cm³/mol. The molecule has 0 saturated carbocycles. The summed E-state index contributed by atoms with van der Waals surface area (Å²) >= 11 is 0. The zero-order chi connectivity index (χ0) is 30.6. The van der Waals surface area contributed by atoms with Crippen LogP contribution in [-0.4, -0.2) is 12.6 Å². The zero-order valence-electron chi connectivity index (χ0n) is 29.6. The molecule has 0 heterocycles. The Morgan fingerprint density at radius 3 is 0.786 bits per heavy atom. The zero-order valence-corrected chi connectivity index (χ0v) is 29.6. The van der Waals surface area contributed by atoms with Gasteiger partial charge in [0.1, 0.15) is 0 Å². The number of hydrogen-bond acceptors (Lipinski definition) is 2. The van der Waals surface area contributed by atoms with Crippen LogP contribution in [0.3, 0.4) is 0 Å². The summed E-state index contributed by atoms with van der Waals surface area (Å²) in [7, 11) is 0. The molecule has 0 aromatic carbocycles. The van der Waals surface area contributed by atoms with Crippen LogP contribution in [0, 0.1) is 5.92 Å². The minimum absolute atomic E-state index is 0.0687. The lowest BCUT2D eigenvalue weighted by Crippen LogP contribution is -2.18. The van der Waals surface area contributed by atoms with Crippen LogP contribution in [0.5, 0.6) is 0 Å². The van der Waals surface area contributed by atoms with Gasteiger partial charge in [-0.2, -0.15) is 0 Å². The first-order chi connectivity index (χ1) is 20.8. The lowest BCUT2D eigenvalue weighted by molar-refractivity contribution is -0.148. The number of hydrogen-bond donors (Lipinski definition) is 0. The fourth-order valence-corrected chi connectivity index (χ4v) is 6.52. The van der Waals surface area contributed by atoms with Gasteiger partial charge >= 0.3 is 5.97 Å². The standard InChI is InChI=1S/C40H80O2/c1-4-7-9-11-13-15-17-19-21-22-23-24-26-28-30-32-34-36-38-39(40(41)42-6-3)37-35-33-31-29-27-25-20-18-16-14-12-10-8-5-2/h39H,4-38H2,1-3H3. The van der Waals surface area contributed by atoms with Crippen LogP contribution in [0.2, 0.25) is 0 Å². The van der Waals surface area contributed by atoms with Gasteiger partial charge in [0.25, 0.3) is 0 Å². The number of esters is 1. The SMILES string of the molecule is CCCCCCCCCCCCCCCCCCCCC(CCCCCCCCCCCCCCCC)C(=O)OCC. The van der Waals surface area contributed by atoms with E-state index in [9.17, 15) is 4.79 Å². The molecule has 0 aromatic rings. The molecule has 2 nitrogen and oxygen atoms in total. The van der Waals surface area contributed by atoms with E-state index in [0.717, 1.165) is 12.8 Å². The summed E-state index contributed by atoms with van der Waals surface area (Å²) in [5.74, 6) is 0.211. The smallest absolute Gasteiger partial charge is 0.308 e. The van der Waals surface area contributed by atoms with Crippen molar-refractivity contribution >= 4 is 5.97 Å². The molecular weight excluding hydrogens is 512 g/mol. The summed E-state index contributed by atoms with van der Waals surface area (Å²) in [4.78, 5) is 12.5. The number of rotatable bonds is 36. The summed E-state index contributed by atoms with van der Waals surface area (Å²) in [5.41, 5.74) is 0. The monoisotopic (exact) mass is 593 g/mol. The maximum absolute atomic E-state index is 12.5. The molecule has 0 aromatic heterocycles. The molecule has 0 aliphatic carbocycles. The molecule has 2 heteroatoms. The molecule has 0 aliphatic rings. The molecule has 0 amide bonds. The molecule has 0 aliphatic heterocycles. The first kappa shape index (κ1) is 41.5. The van der Waals surface area contributed by atoms with Crippen molar-refractivity contribution in [1.82, 2.24) is 0 Å². The van der Waals surface area contributed by atoms with E-state index >= 15 is 0 Å². The lowest BCUT2D eigenvalue weighted by atomic mass is 9.94. The minimum Gasteiger partial charge on any atom is -0.466 e. The summed E-state index contributed by atoms with van der Waals surface area (Å²) in [6.45, 7) is 7.06. The average Bonchev–Trinajstić information content (AvgIpc) is 2.99. The van der Waals surface area contributed by atoms with Crippen LogP contribution < -0.4 is 0 Å². The van der Waals surface area contributed by atoms with Crippen LogP contribution in [0.4, 0.5) is 0 Å². The Hall–Kier alpha value is -0.530. The van der Waals surface area contributed by atoms with Crippen molar-refractivity contribution in [3.63, 3.8) is 0 Å². The fourth-order valence-electron chi connectivity index (χ4n) is 6.52. The maximum Gasteiger partial charge on any atom is 0.308 e. The third-order valence-corrected chi connectivity index (χ3v) is 9.43. The molecule has 0 rings (SSSR count). The maximum atomic E-state index is 12.5. The van der Waals surface area contributed by atoms with E-state index in [1.54, 1.807) is 0 Å². The Kier molecular flexibility index (Phi) is 36.2. The van der Waals surface area contributed by atoms with Gasteiger partial charge in [-0.3, -0.25) is 4.79 Å². The number of ether oxygens (including phenoxy) is 1. The van der Waals surface area contributed by atoms with Gasteiger partial charge in [0, 0.05) is 0 Å². The summed E-state index contributed by atoms with van der Waals surface area (Å²) in [5, 5.41) is 0. The van der Waals surface area contributed by atoms with E-state index in [4.69, 9.17) is 4.74 Å². The van der Waals surface area contributed by atoms with Gasteiger partial charge in [0.05, 0.1) is 12.5 Å². The van der Waals surface area contributed by atoms with E-state index in [1.165, 1.54) is 205 Å². The molecule has 252 valence electrons. The van der Waals surface area contributed by atoms with Crippen molar-refractivity contribution in [3.05, 3.63) is 0 Å². The lowest BCUT2D eigenvalue weighted by Gasteiger charge is -2.15. The second kappa shape index (κ2) is 36.7. The molecule has 0 radical (unpaired) electrons. The molecule has 1 unspecified atom stereocenters. The van der Waals surface area contributed by atoms with E-state index in [2.05, 4.69) is 13.8 Å². The molecule has 42 heavy (non-hydrogen) atoms. The first-order valence-corrected chi connectivity index (χ1v) is 19.9. The van der Waals surface area contributed by atoms with Gasteiger partial charge in [0.15, 0.2) is 0 Å². The molecule has 0 saturated heterocycles. The highest BCUT2D eigenvalue weighted by Gasteiger charge is 2.18. The van der Waals surface area contributed by atoms with Crippen molar-refractivity contribution in [1.29, 1.82) is 0 Å². The Morgan fingerprint density at radius 2 is 0.571 bits per heavy atom. The third kappa shape index (κ3) is 32.4. The highest BCUT2D eigenvalue weighted by Crippen LogP contribution is 2.21. The van der Waals surface area contributed by atoms with E-state index in [0.29, 0.717) is 6.61 Å². The molecule has 1 atom stereocenters. The summed E-state index contributed by atoms with van der Waals surface area (Å²) in [6.07, 6.45) is 46.8. The van der Waals surface area contributed by atoms with Crippen molar-refractivity contribution in [2.75, 3.05) is 6.61 Å². The van der Waals surface area contributed by atoms with Crippen LogP contribution in [0.25, 0.3) is 0 Å². The van der Waals surface area contributed by atoms with E-state index < -0.39 is 0 Å². The minimum atomic E-state index is 0.0687. The normalized spacial score (nSPS) is 12.2. The molecule has 0 spiro atoms. The Morgan fingerprint density at radius 1 is 0.357 bits per heavy atom. The average molecular weight is 593 g/mol. The van der Waals surface area contributed by atoms with E-state index in [1.807, 2.05) is 6.92 Å². The fraction of sp³-hybridized carbons (Fsp3) is 0.975. The van der Waals surface area contributed by atoms with Crippen molar-refractivity contribution in [2.45, 2.75) is 239 Å². The predicted octanol–water partition coefficient (Wildman–Crippen LogP) is 14.5. The van der Waals surface area contributed by atoms with Gasteiger partial charge in [-0.15, -0.1) is 0 Å². The summed E-state index contributed by atoms with van der Waals surface area (Å²) < 4.78 is 5.42. The summed E-state index contributed by atoms with van der Waals surface area (Å²) in [6, 6.07) is 0. The topological polar surface area (TPSA) is 26.3 Å². The van der Waals surface area contributed by atoms with Gasteiger partial charge < -0.3 is 4.74 Å². The highest BCUT2D eigenvalue weighted by molar-refractivity contribution is 5.72. The number of carbonyl (C=O) groups is 1. The largest absolute Gasteiger partial charge is 0.466 e. The van der Waals surface area contributed by atoms with Crippen LogP contribution >= 0.6 is 0 Å². The Labute approximate surface area is 266 Å². The van der Waals surface area contributed by atoms with Gasteiger partial charge in [-0.25, -0.2) is 0 Å². The molecule has 0 bridgehead atoms. The van der Waals surface area contributed by atoms with Gasteiger partial charge in [0.2, 0.25) is 0 Å². The van der Waals surface area contributed by atoms with Gasteiger partial charge in [-0.05, 0) is 19.8 Å². The third-order valence-electron chi connectivity index (χ3n) is 9.43. The molecular formula is C40H80O2. The van der Waals surface area contributed by atoms with Crippen LogP contribution in [0.15, 0.2) is 0 Å².